The van der Waals surface area contributed by atoms with Gasteiger partial charge in [-0.1, -0.05) is 44.2 Å². The maximum Gasteiger partial charge on any atom is 0.222 e. The van der Waals surface area contributed by atoms with Crippen molar-refractivity contribution < 1.29 is 4.79 Å². The number of carbonyl (C=O) groups is 1. The van der Waals surface area contributed by atoms with Gasteiger partial charge in [-0.05, 0) is 48.3 Å². The Morgan fingerprint density at radius 3 is 2.72 bits per heavy atom. The molecule has 4 heteroatoms. The van der Waals surface area contributed by atoms with Crippen LogP contribution in [0.3, 0.4) is 0 Å². The van der Waals surface area contributed by atoms with Crippen LogP contribution in [0.1, 0.15) is 37.9 Å². The molecule has 1 amide bonds. The summed E-state index contributed by atoms with van der Waals surface area (Å²) in [6.07, 6.45) is 7.96. The lowest BCUT2D eigenvalue weighted by Crippen LogP contribution is -2.43. The predicted octanol–water partition coefficient (Wildman–Crippen LogP) is 4.77. The van der Waals surface area contributed by atoms with Crippen LogP contribution in [0.15, 0.2) is 48.7 Å². The molecule has 4 nitrogen and oxygen atoms in total. The third-order valence-corrected chi connectivity index (χ3v) is 7.04. The molecule has 1 aromatic heterocycles. The Kier molecular flexibility index (Phi) is 5.24. The van der Waals surface area contributed by atoms with Crippen molar-refractivity contribution in [1.82, 2.24) is 9.88 Å². The number of carbonyl (C=O) groups excluding carboxylic acids is 1. The van der Waals surface area contributed by atoms with Crippen LogP contribution in [0.4, 0.5) is 0 Å². The number of hydrogen-bond donors (Lipinski definition) is 0. The number of likely N-dealkylation sites (tertiary alicyclic amines) is 1. The first-order chi connectivity index (χ1) is 14.0. The van der Waals surface area contributed by atoms with Gasteiger partial charge in [-0.25, -0.2) is 0 Å². The highest BCUT2D eigenvalue weighted by Gasteiger charge is 2.47. The fourth-order valence-electron chi connectivity index (χ4n) is 5.07. The molecule has 29 heavy (non-hydrogen) atoms. The summed E-state index contributed by atoms with van der Waals surface area (Å²) in [6, 6.07) is 14.2. The van der Waals surface area contributed by atoms with Crippen LogP contribution >= 0.6 is 0 Å². The number of aromatic nitrogens is 1. The molecule has 0 bridgehead atoms. The van der Waals surface area contributed by atoms with Gasteiger partial charge < -0.3 is 4.90 Å². The number of benzene rings is 1. The van der Waals surface area contributed by atoms with E-state index in [1.54, 1.807) is 0 Å². The first-order valence-electron chi connectivity index (χ1n) is 10.4. The van der Waals surface area contributed by atoms with Crippen molar-refractivity contribution in [1.29, 1.82) is 5.26 Å². The minimum absolute atomic E-state index is 0.276. The topological polar surface area (TPSA) is 57.0 Å². The lowest BCUT2D eigenvalue weighted by molar-refractivity contribution is -0.127. The minimum Gasteiger partial charge on any atom is -0.342 e. The van der Waals surface area contributed by atoms with Crippen molar-refractivity contribution in [3.8, 4) is 17.2 Å². The molecule has 0 spiro atoms. The van der Waals surface area contributed by atoms with Crippen molar-refractivity contribution in [3.63, 3.8) is 0 Å². The lowest BCUT2D eigenvalue weighted by atomic mass is 9.65. The highest BCUT2D eigenvalue weighted by atomic mass is 16.2. The SMILES string of the molecule is C[C@H]1[C@H](/C=C/c2ccc(-c3ccccc3C#N)cn2)[C@H]2CC(=O)N(C)[C@H]2C[C@@H]1C. The summed E-state index contributed by atoms with van der Waals surface area (Å²) in [4.78, 5) is 18.8. The number of rotatable bonds is 3. The second-order valence-corrected chi connectivity index (χ2v) is 8.58. The van der Waals surface area contributed by atoms with Crippen LogP contribution in [-0.2, 0) is 4.79 Å². The van der Waals surface area contributed by atoms with Crippen molar-refractivity contribution >= 4 is 12.0 Å². The van der Waals surface area contributed by atoms with E-state index < -0.39 is 0 Å². The number of amides is 1. The van der Waals surface area contributed by atoms with Crippen LogP contribution in [0, 0.1) is 35.0 Å². The second kappa shape index (κ2) is 7.83. The summed E-state index contributed by atoms with van der Waals surface area (Å²) in [5.41, 5.74) is 3.41. The number of nitriles is 1. The Hall–Kier alpha value is -2.93. The van der Waals surface area contributed by atoms with Crippen LogP contribution < -0.4 is 0 Å². The van der Waals surface area contributed by atoms with E-state index in [-0.39, 0.29) is 5.91 Å². The van der Waals surface area contributed by atoms with E-state index in [1.165, 1.54) is 0 Å². The molecule has 0 N–H and O–H groups in total. The summed E-state index contributed by atoms with van der Waals surface area (Å²) >= 11 is 0. The smallest absolute Gasteiger partial charge is 0.222 e. The maximum atomic E-state index is 12.3. The molecule has 1 saturated carbocycles. The highest BCUT2D eigenvalue weighted by Crippen LogP contribution is 2.46. The van der Waals surface area contributed by atoms with E-state index in [2.05, 4.69) is 37.1 Å². The fraction of sp³-hybridized carbons (Fsp3) is 0.400. The van der Waals surface area contributed by atoms with Gasteiger partial charge in [-0.2, -0.15) is 5.26 Å². The van der Waals surface area contributed by atoms with E-state index in [1.807, 2.05) is 54.5 Å². The molecule has 2 fully saturated rings. The summed E-state index contributed by atoms with van der Waals surface area (Å²) in [5.74, 6) is 2.21. The van der Waals surface area contributed by atoms with E-state index in [9.17, 15) is 10.1 Å². The number of pyridine rings is 1. The number of nitrogens with zero attached hydrogens (tertiary/aromatic N) is 3. The van der Waals surface area contributed by atoms with Gasteiger partial charge in [-0.3, -0.25) is 9.78 Å². The molecule has 148 valence electrons. The maximum absolute atomic E-state index is 12.3. The van der Waals surface area contributed by atoms with Gasteiger partial charge >= 0.3 is 0 Å². The monoisotopic (exact) mass is 385 g/mol. The second-order valence-electron chi connectivity index (χ2n) is 8.58. The standard InChI is InChI=1S/C25H27N3O/c1-16-12-24-23(13-25(29)28(24)3)21(17(16)2)11-10-20-9-8-19(15-27-20)22-7-5-4-6-18(22)14-26/h4-11,15-17,21,23-24H,12-13H2,1-3H3/b11-10+/t16-,17+,21-,23+,24-/m0/s1. The van der Waals surface area contributed by atoms with Crippen LogP contribution in [-0.4, -0.2) is 28.9 Å². The van der Waals surface area contributed by atoms with Crippen molar-refractivity contribution in [2.45, 2.75) is 32.7 Å². The highest BCUT2D eigenvalue weighted by molar-refractivity contribution is 5.79. The third kappa shape index (κ3) is 3.58. The fourth-order valence-corrected chi connectivity index (χ4v) is 5.07. The van der Waals surface area contributed by atoms with Crippen molar-refractivity contribution in [3.05, 3.63) is 59.9 Å². The van der Waals surface area contributed by atoms with Gasteiger partial charge in [-0.15, -0.1) is 0 Å². The summed E-state index contributed by atoms with van der Waals surface area (Å²) in [5, 5.41) is 9.31. The zero-order chi connectivity index (χ0) is 20.5. The third-order valence-electron chi connectivity index (χ3n) is 7.04. The van der Waals surface area contributed by atoms with Gasteiger partial charge in [0.25, 0.3) is 0 Å². The number of allylic oxidation sites excluding steroid dienone is 1. The van der Waals surface area contributed by atoms with Crippen LogP contribution in [0.25, 0.3) is 17.2 Å². The van der Waals surface area contributed by atoms with Gasteiger partial charge in [0.15, 0.2) is 0 Å². The predicted molar refractivity (Wildman–Crippen MR) is 115 cm³/mol. The molecular weight excluding hydrogens is 358 g/mol. The molecule has 1 saturated heterocycles. The van der Waals surface area contributed by atoms with Crippen molar-refractivity contribution in [2.75, 3.05) is 7.05 Å². The average Bonchev–Trinajstić information content (AvgIpc) is 3.02. The zero-order valence-electron chi connectivity index (χ0n) is 17.2. The first kappa shape index (κ1) is 19.4. The molecule has 1 aliphatic carbocycles. The Morgan fingerprint density at radius 1 is 1.21 bits per heavy atom. The molecule has 0 unspecified atom stereocenters. The lowest BCUT2D eigenvalue weighted by Gasteiger charge is -2.42. The average molecular weight is 386 g/mol. The summed E-state index contributed by atoms with van der Waals surface area (Å²) in [7, 11) is 1.95. The molecule has 4 rings (SSSR count). The Bertz CT molecular complexity index is 972. The molecule has 1 aromatic carbocycles. The quantitative estimate of drug-likeness (QED) is 0.764. The van der Waals surface area contributed by atoms with Gasteiger partial charge in [0.2, 0.25) is 5.91 Å². The zero-order valence-corrected chi connectivity index (χ0v) is 17.2. The van der Waals surface area contributed by atoms with Crippen molar-refractivity contribution in [2.24, 2.45) is 23.7 Å². The van der Waals surface area contributed by atoms with Crippen LogP contribution in [0.5, 0.6) is 0 Å². The normalized spacial score (nSPS) is 29.1. The Balaban J connectivity index is 1.55. The minimum atomic E-state index is 0.276. The summed E-state index contributed by atoms with van der Waals surface area (Å²) < 4.78 is 0. The van der Waals surface area contributed by atoms with E-state index in [4.69, 9.17) is 0 Å². The molecule has 1 aliphatic heterocycles. The van der Waals surface area contributed by atoms with Crippen LogP contribution in [0.2, 0.25) is 0 Å². The van der Waals surface area contributed by atoms with E-state index >= 15 is 0 Å². The molecule has 0 radical (unpaired) electrons. The largest absolute Gasteiger partial charge is 0.342 e. The number of hydrogen-bond acceptors (Lipinski definition) is 3. The molecule has 2 aromatic rings. The molecule has 2 aliphatic rings. The Labute approximate surface area is 172 Å². The van der Waals surface area contributed by atoms with Gasteiger partial charge in [0.1, 0.15) is 0 Å². The number of fused-ring (bicyclic) bond motifs is 1. The molecular formula is C25H27N3O. The Morgan fingerprint density at radius 2 is 2.00 bits per heavy atom. The molecule has 2 heterocycles. The van der Waals surface area contributed by atoms with E-state index in [0.29, 0.717) is 41.7 Å². The van der Waals surface area contributed by atoms with E-state index in [0.717, 1.165) is 23.2 Å². The van der Waals surface area contributed by atoms with Gasteiger partial charge in [0.05, 0.1) is 17.3 Å². The van der Waals surface area contributed by atoms with Gasteiger partial charge in [0, 0.05) is 36.8 Å². The molecule has 5 atom stereocenters. The summed E-state index contributed by atoms with van der Waals surface area (Å²) in [6.45, 7) is 4.62. The first-order valence-corrected chi connectivity index (χ1v) is 10.4.